The third-order valence-corrected chi connectivity index (χ3v) is 7.35. The van der Waals surface area contributed by atoms with E-state index < -0.39 is 0 Å². The molecule has 4 saturated carbocycles. The molecule has 5 fully saturated rings. The summed E-state index contributed by atoms with van der Waals surface area (Å²) >= 11 is 0. The fraction of sp³-hybridized carbons (Fsp3) is 1.00. The van der Waals surface area contributed by atoms with E-state index in [1.165, 1.54) is 32.1 Å². The maximum Gasteiger partial charge on any atom is 0.0677 e. The second-order valence-electron chi connectivity index (χ2n) is 9.86. The Morgan fingerprint density at radius 3 is 1.86 bits per heavy atom. The summed E-state index contributed by atoms with van der Waals surface area (Å²) in [6, 6.07) is 0.344. The van der Waals surface area contributed by atoms with Crippen LogP contribution in [-0.4, -0.2) is 17.2 Å². The summed E-state index contributed by atoms with van der Waals surface area (Å²) < 4.78 is 6.33. The molecule has 0 amide bonds. The van der Waals surface area contributed by atoms with Crippen molar-refractivity contribution in [1.82, 2.24) is 0 Å². The van der Waals surface area contributed by atoms with Crippen molar-refractivity contribution in [2.75, 3.05) is 0 Å². The standard InChI is InChI=1S/C19H33NO/c1-18(2)10-15(19(3,4)21-18)17(20)16-13-6-11-5-12(8-13)9-14(16)7-11/h11-17H,5-10,20H2,1-4H3. The molecule has 2 atom stereocenters. The molecule has 2 unspecified atom stereocenters. The lowest BCUT2D eigenvalue weighted by Gasteiger charge is -2.57. The van der Waals surface area contributed by atoms with Crippen molar-refractivity contribution in [3.05, 3.63) is 0 Å². The van der Waals surface area contributed by atoms with E-state index in [2.05, 4.69) is 27.7 Å². The molecule has 4 aliphatic carbocycles. The molecule has 0 aromatic heterocycles. The van der Waals surface area contributed by atoms with Gasteiger partial charge in [0.25, 0.3) is 0 Å². The summed E-state index contributed by atoms with van der Waals surface area (Å²) in [7, 11) is 0. The van der Waals surface area contributed by atoms with Crippen molar-refractivity contribution in [1.29, 1.82) is 0 Å². The lowest BCUT2D eigenvalue weighted by atomic mass is 9.49. The van der Waals surface area contributed by atoms with E-state index in [1.54, 1.807) is 0 Å². The summed E-state index contributed by atoms with van der Waals surface area (Å²) in [5.74, 6) is 5.24. The first-order valence-corrected chi connectivity index (χ1v) is 9.21. The zero-order valence-corrected chi connectivity index (χ0v) is 14.3. The average Bonchev–Trinajstić information content (AvgIpc) is 2.55. The number of nitrogens with two attached hydrogens (primary N) is 1. The van der Waals surface area contributed by atoms with Gasteiger partial charge >= 0.3 is 0 Å². The van der Waals surface area contributed by atoms with Crippen LogP contribution >= 0.6 is 0 Å². The monoisotopic (exact) mass is 291 g/mol. The van der Waals surface area contributed by atoms with E-state index in [-0.39, 0.29) is 11.2 Å². The Kier molecular flexibility index (Phi) is 3.09. The first-order chi connectivity index (χ1) is 9.75. The third kappa shape index (κ3) is 2.28. The van der Waals surface area contributed by atoms with E-state index >= 15 is 0 Å². The Hall–Kier alpha value is -0.0800. The third-order valence-electron chi connectivity index (χ3n) is 7.35. The largest absolute Gasteiger partial charge is 0.369 e. The van der Waals surface area contributed by atoms with Crippen LogP contribution in [0.5, 0.6) is 0 Å². The Morgan fingerprint density at radius 1 is 0.905 bits per heavy atom. The normalized spacial score (nSPS) is 51.3. The van der Waals surface area contributed by atoms with Crippen LogP contribution in [0.25, 0.3) is 0 Å². The van der Waals surface area contributed by atoms with Gasteiger partial charge in [0.15, 0.2) is 0 Å². The SMILES string of the molecule is CC1(C)CC(C(N)C2C3CC4CC(C3)CC2C4)C(C)(C)O1. The van der Waals surface area contributed by atoms with E-state index in [1.807, 2.05) is 0 Å². The fourth-order valence-corrected chi connectivity index (χ4v) is 7.07. The zero-order valence-electron chi connectivity index (χ0n) is 14.3. The van der Waals surface area contributed by atoms with Gasteiger partial charge in [-0.15, -0.1) is 0 Å². The molecule has 1 saturated heterocycles. The second-order valence-corrected chi connectivity index (χ2v) is 9.86. The van der Waals surface area contributed by atoms with Gasteiger partial charge in [-0.05, 0) is 95.8 Å². The van der Waals surface area contributed by atoms with E-state index in [4.69, 9.17) is 10.5 Å². The topological polar surface area (TPSA) is 35.2 Å². The summed E-state index contributed by atoms with van der Waals surface area (Å²) in [6.45, 7) is 9.00. The van der Waals surface area contributed by atoms with Crippen molar-refractivity contribution in [2.45, 2.75) is 83.5 Å². The van der Waals surface area contributed by atoms with Crippen LogP contribution in [0.1, 0.15) is 66.2 Å². The first kappa shape index (κ1) is 14.5. The van der Waals surface area contributed by atoms with E-state index in [0.717, 1.165) is 36.0 Å². The van der Waals surface area contributed by atoms with Crippen LogP contribution < -0.4 is 5.73 Å². The highest BCUT2D eigenvalue weighted by Crippen LogP contribution is 2.59. The van der Waals surface area contributed by atoms with Gasteiger partial charge in [0.1, 0.15) is 0 Å². The van der Waals surface area contributed by atoms with Crippen LogP contribution in [0, 0.1) is 35.5 Å². The Morgan fingerprint density at radius 2 is 1.43 bits per heavy atom. The van der Waals surface area contributed by atoms with Crippen LogP contribution in [0.15, 0.2) is 0 Å². The van der Waals surface area contributed by atoms with Crippen molar-refractivity contribution < 1.29 is 4.74 Å². The van der Waals surface area contributed by atoms with Crippen LogP contribution in [0.2, 0.25) is 0 Å². The minimum absolute atomic E-state index is 0.00228. The molecular formula is C19H33NO. The molecule has 2 nitrogen and oxygen atoms in total. The summed E-state index contributed by atoms with van der Waals surface area (Å²) in [6.07, 6.45) is 8.56. The van der Waals surface area contributed by atoms with Gasteiger partial charge in [0.2, 0.25) is 0 Å². The molecule has 5 aliphatic rings. The smallest absolute Gasteiger partial charge is 0.0677 e. The van der Waals surface area contributed by atoms with Gasteiger partial charge in [0.05, 0.1) is 11.2 Å². The van der Waals surface area contributed by atoms with Crippen molar-refractivity contribution in [3.63, 3.8) is 0 Å². The second kappa shape index (κ2) is 4.47. The van der Waals surface area contributed by atoms with Gasteiger partial charge in [-0.25, -0.2) is 0 Å². The highest BCUT2D eigenvalue weighted by atomic mass is 16.5. The Balaban J connectivity index is 1.56. The summed E-state index contributed by atoms with van der Waals surface area (Å²) in [5.41, 5.74) is 6.86. The molecule has 0 radical (unpaired) electrons. The molecule has 0 aromatic rings. The predicted molar refractivity (Wildman–Crippen MR) is 85.9 cm³/mol. The van der Waals surface area contributed by atoms with Gasteiger partial charge in [-0.2, -0.15) is 0 Å². The van der Waals surface area contributed by atoms with Gasteiger partial charge in [0, 0.05) is 12.0 Å². The summed E-state index contributed by atoms with van der Waals surface area (Å²) in [4.78, 5) is 0. The first-order valence-electron chi connectivity index (χ1n) is 9.21. The Bertz CT molecular complexity index is 399. The lowest BCUT2D eigenvalue weighted by Crippen LogP contribution is -2.56. The molecular weight excluding hydrogens is 258 g/mol. The quantitative estimate of drug-likeness (QED) is 0.835. The molecule has 2 N–H and O–H groups in total. The van der Waals surface area contributed by atoms with Gasteiger partial charge < -0.3 is 10.5 Å². The minimum Gasteiger partial charge on any atom is -0.369 e. The average molecular weight is 291 g/mol. The highest BCUT2D eigenvalue weighted by molar-refractivity contribution is 5.07. The summed E-state index contributed by atoms with van der Waals surface area (Å²) in [5, 5.41) is 0. The number of rotatable bonds is 2. The maximum atomic E-state index is 6.92. The molecule has 120 valence electrons. The number of hydrogen-bond donors (Lipinski definition) is 1. The zero-order chi connectivity index (χ0) is 15.0. The molecule has 5 rings (SSSR count). The predicted octanol–water partition coefficient (Wildman–Crippen LogP) is 3.98. The molecule has 1 aliphatic heterocycles. The van der Waals surface area contributed by atoms with Crippen molar-refractivity contribution >= 4 is 0 Å². The van der Waals surface area contributed by atoms with E-state index in [9.17, 15) is 0 Å². The van der Waals surface area contributed by atoms with Crippen molar-refractivity contribution in [2.24, 2.45) is 41.2 Å². The molecule has 21 heavy (non-hydrogen) atoms. The number of ether oxygens (including phenoxy) is 1. The van der Waals surface area contributed by atoms with E-state index in [0.29, 0.717) is 12.0 Å². The van der Waals surface area contributed by atoms with Crippen molar-refractivity contribution in [3.8, 4) is 0 Å². The maximum absolute atomic E-state index is 6.92. The fourth-order valence-electron chi connectivity index (χ4n) is 7.07. The molecule has 4 bridgehead atoms. The van der Waals surface area contributed by atoms with Gasteiger partial charge in [-0.1, -0.05) is 0 Å². The van der Waals surface area contributed by atoms with Crippen LogP contribution in [0.3, 0.4) is 0 Å². The number of hydrogen-bond acceptors (Lipinski definition) is 2. The molecule has 1 heterocycles. The molecule has 0 aromatic carbocycles. The Labute approximate surface area is 130 Å². The molecule has 2 heteroatoms. The highest BCUT2D eigenvalue weighted by Gasteiger charge is 2.55. The van der Waals surface area contributed by atoms with Crippen LogP contribution in [-0.2, 0) is 4.74 Å². The lowest BCUT2D eigenvalue weighted by molar-refractivity contribution is -0.0926. The minimum atomic E-state index is -0.0580. The van der Waals surface area contributed by atoms with Gasteiger partial charge in [-0.3, -0.25) is 0 Å². The molecule has 0 spiro atoms. The van der Waals surface area contributed by atoms with Crippen LogP contribution in [0.4, 0.5) is 0 Å².